The zero-order valence-electron chi connectivity index (χ0n) is 9.57. The van der Waals surface area contributed by atoms with Crippen molar-refractivity contribution >= 4 is 37.3 Å². The van der Waals surface area contributed by atoms with Crippen LogP contribution in [-0.2, 0) is 14.8 Å². The minimum Gasteiger partial charge on any atom is -0.381 e. The molecule has 0 atom stereocenters. The number of rotatable bonds is 4. The van der Waals surface area contributed by atoms with Crippen LogP contribution < -0.4 is 4.72 Å². The quantitative estimate of drug-likeness (QED) is 0.915. The molecular formula is C10H14BrNO3S2. The van der Waals surface area contributed by atoms with Crippen LogP contribution in [0.4, 0.5) is 0 Å². The summed E-state index contributed by atoms with van der Waals surface area (Å²) in [6.45, 7) is 1.88. The summed E-state index contributed by atoms with van der Waals surface area (Å²) in [5, 5.41) is 0. The summed E-state index contributed by atoms with van der Waals surface area (Å²) < 4.78 is 33.1. The second-order valence-corrected chi connectivity index (χ2v) is 8.48. The molecule has 17 heavy (non-hydrogen) atoms. The largest absolute Gasteiger partial charge is 0.381 e. The fraction of sp³-hybridized carbons (Fsp3) is 0.600. The van der Waals surface area contributed by atoms with Gasteiger partial charge in [-0.3, -0.25) is 0 Å². The number of nitrogens with one attached hydrogen (secondary N) is 1. The molecule has 0 saturated heterocycles. The van der Waals surface area contributed by atoms with E-state index in [0.717, 1.165) is 22.2 Å². The van der Waals surface area contributed by atoms with E-state index in [2.05, 4.69) is 20.7 Å². The van der Waals surface area contributed by atoms with Crippen molar-refractivity contribution in [3.63, 3.8) is 0 Å². The van der Waals surface area contributed by atoms with Gasteiger partial charge in [0.2, 0.25) is 10.0 Å². The maximum atomic E-state index is 12.0. The van der Waals surface area contributed by atoms with Crippen molar-refractivity contribution in [1.29, 1.82) is 0 Å². The fourth-order valence-corrected chi connectivity index (χ4v) is 5.20. The number of aryl methyl sites for hydroxylation is 1. The lowest BCUT2D eigenvalue weighted by Gasteiger charge is -2.34. The van der Waals surface area contributed by atoms with Crippen molar-refractivity contribution in [3.8, 4) is 0 Å². The Morgan fingerprint density at radius 2 is 2.18 bits per heavy atom. The average molecular weight is 340 g/mol. The fourth-order valence-electron chi connectivity index (χ4n) is 1.70. The van der Waals surface area contributed by atoms with Gasteiger partial charge in [-0.15, -0.1) is 11.3 Å². The standard InChI is InChI=1S/C10H14BrNO3S2/c1-6-3-9(16-10(6)11)17(13,14)12-7-4-8(5-7)15-2/h3,7-8,12H,4-5H2,1-2H3. The molecule has 1 N–H and O–H groups in total. The summed E-state index contributed by atoms with van der Waals surface area (Å²) in [4.78, 5) is 0. The molecule has 1 saturated carbocycles. The second-order valence-electron chi connectivity index (χ2n) is 4.17. The van der Waals surface area contributed by atoms with E-state index in [1.807, 2.05) is 6.92 Å². The van der Waals surface area contributed by atoms with Crippen LogP contribution in [0, 0.1) is 6.92 Å². The van der Waals surface area contributed by atoms with E-state index in [1.165, 1.54) is 11.3 Å². The lowest BCUT2D eigenvalue weighted by atomic mass is 9.90. The Morgan fingerprint density at radius 1 is 1.53 bits per heavy atom. The molecule has 1 fully saturated rings. The van der Waals surface area contributed by atoms with Gasteiger partial charge in [0.15, 0.2) is 0 Å². The molecule has 1 heterocycles. The van der Waals surface area contributed by atoms with Crippen molar-refractivity contribution < 1.29 is 13.2 Å². The third-order valence-electron chi connectivity index (χ3n) is 2.85. The normalized spacial score (nSPS) is 24.6. The van der Waals surface area contributed by atoms with Gasteiger partial charge in [0.1, 0.15) is 4.21 Å². The lowest BCUT2D eigenvalue weighted by Crippen LogP contribution is -2.47. The highest BCUT2D eigenvalue weighted by Gasteiger charge is 2.33. The summed E-state index contributed by atoms with van der Waals surface area (Å²) in [7, 11) is -1.72. The molecule has 0 radical (unpaired) electrons. The SMILES string of the molecule is COC1CC(NS(=O)(=O)c2cc(C)c(Br)s2)C1. The highest BCUT2D eigenvalue weighted by molar-refractivity contribution is 9.11. The van der Waals surface area contributed by atoms with E-state index in [4.69, 9.17) is 4.74 Å². The molecule has 1 aromatic heterocycles. The Kier molecular flexibility index (Phi) is 3.94. The molecule has 0 bridgehead atoms. The zero-order chi connectivity index (χ0) is 12.6. The van der Waals surface area contributed by atoms with Gasteiger partial charge in [0.05, 0.1) is 9.89 Å². The van der Waals surface area contributed by atoms with Gasteiger partial charge in [-0.2, -0.15) is 0 Å². The van der Waals surface area contributed by atoms with Gasteiger partial charge < -0.3 is 4.74 Å². The molecule has 0 aliphatic heterocycles. The highest BCUT2D eigenvalue weighted by Crippen LogP contribution is 2.32. The summed E-state index contributed by atoms with van der Waals surface area (Å²) >= 11 is 4.57. The van der Waals surface area contributed by atoms with Crippen LogP contribution in [0.5, 0.6) is 0 Å². The van der Waals surface area contributed by atoms with E-state index in [0.29, 0.717) is 4.21 Å². The predicted octanol–water partition coefficient (Wildman–Crippen LogP) is 2.27. The van der Waals surface area contributed by atoms with Gasteiger partial charge >= 0.3 is 0 Å². The first kappa shape index (κ1) is 13.5. The number of hydrogen-bond acceptors (Lipinski definition) is 4. The molecule has 0 amide bonds. The Bertz CT molecular complexity index is 486. The topological polar surface area (TPSA) is 55.4 Å². The van der Waals surface area contributed by atoms with Gasteiger partial charge in [-0.1, -0.05) is 0 Å². The van der Waals surface area contributed by atoms with E-state index in [-0.39, 0.29) is 12.1 Å². The number of thiophene rings is 1. The summed E-state index contributed by atoms with van der Waals surface area (Å²) in [6.07, 6.45) is 1.70. The van der Waals surface area contributed by atoms with Crippen molar-refractivity contribution in [2.75, 3.05) is 7.11 Å². The molecular weight excluding hydrogens is 326 g/mol. The smallest absolute Gasteiger partial charge is 0.250 e. The molecule has 1 aliphatic carbocycles. The number of halogens is 1. The van der Waals surface area contributed by atoms with Crippen LogP contribution in [-0.4, -0.2) is 27.7 Å². The number of sulfonamides is 1. The summed E-state index contributed by atoms with van der Waals surface area (Å²) in [5.74, 6) is 0. The predicted molar refractivity (Wildman–Crippen MR) is 70.9 cm³/mol. The van der Waals surface area contributed by atoms with Gasteiger partial charge in [0, 0.05) is 13.2 Å². The Morgan fingerprint density at radius 3 is 2.65 bits per heavy atom. The third kappa shape index (κ3) is 2.90. The van der Waals surface area contributed by atoms with Crippen LogP contribution in [0.2, 0.25) is 0 Å². The highest BCUT2D eigenvalue weighted by atomic mass is 79.9. The monoisotopic (exact) mass is 339 g/mol. The number of methoxy groups -OCH3 is 1. The molecule has 0 aromatic carbocycles. The molecule has 0 spiro atoms. The maximum Gasteiger partial charge on any atom is 0.250 e. The van der Waals surface area contributed by atoms with Crippen LogP contribution >= 0.6 is 27.3 Å². The minimum atomic E-state index is -3.37. The van der Waals surface area contributed by atoms with Crippen molar-refractivity contribution in [1.82, 2.24) is 4.72 Å². The minimum absolute atomic E-state index is 0.00568. The Balaban J connectivity index is 2.05. The molecule has 7 heteroatoms. The summed E-state index contributed by atoms with van der Waals surface area (Å²) in [6, 6.07) is 1.69. The lowest BCUT2D eigenvalue weighted by molar-refractivity contribution is 0.0236. The Hall–Kier alpha value is 0.0500. The Labute approximate surface area is 114 Å². The van der Waals surface area contributed by atoms with E-state index < -0.39 is 10.0 Å². The van der Waals surface area contributed by atoms with Crippen molar-refractivity contribution in [2.45, 2.75) is 36.1 Å². The van der Waals surface area contributed by atoms with Crippen LogP contribution in [0.1, 0.15) is 18.4 Å². The van der Waals surface area contributed by atoms with E-state index in [1.54, 1.807) is 13.2 Å². The first-order valence-corrected chi connectivity index (χ1v) is 8.32. The molecule has 1 aliphatic rings. The maximum absolute atomic E-state index is 12.0. The second kappa shape index (κ2) is 4.97. The van der Waals surface area contributed by atoms with Crippen molar-refractivity contribution in [2.24, 2.45) is 0 Å². The first-order chi connectivity index (χ1) is 7.92. The third-order valence-corrected chi connectivity index (χ3v) is 6.98. The van der Waals surface area contributed by atoms with Crippen LogP contribution in [0.3, 0.4) is 0 Å². The molecule has 2 rings (SSSR count). The molecule has 1 aromatic rings. The van der Waals surface area contributed by atoms with Gasteiger partial charge in [-0.05, 0) is 47.3 Å². The van der Waals surface area contributed by atoms with Gasteiger partial charge in [0.25, 0.3) is 0 Å². The van der Waals surface area contributed by atoms with Crippen LogP contribution in [0.15, 0.2) is 14.1 Å². The number of ether oxygens (including phenoxy) is 1. The van der Waals surface area contributed by atoms with E-state index >= 15 is 0 Å². The number of hydrogen-bond donors (Lipinski definition) is 1. The molecule has 4 nitrogen and oxygen atoms in total. The molecule has 96 valence electrons. The van der Waals surface area contributed by atoms with Crippen molar-refractivity contribution in [3.05, 3.63) is 15.4 Å². The van der Waals surface area contributed by atoms with Gasteiger partial charge in [-0.25, -0.2) is 13.1 Å². The average Bonchev–Trinajstić information content (AvgIpc) is 2.53. The molecule has 0 unspecified atom stereocenters. The zero-order valence-corrected chi connectivity index (χ0v) is 12.8. The van der Waals surface area contributed by atoms with Crippen LogP contribution in [0.25, 0.3) is 0 Å². The first-order valence-electron chi connectivity index (χ1n) is 5.23. The van der Waals surface area contributed by atoms with E-state index in [9.17, 15) is 8.42 Å². The summed E-state index contributed by atoms with van der Waals surface area (Å²) in [5.41, 5.74) is 0.943.